The highest BCUT2D eigenvalue weighted by atomic mass is 35.5. The van der Waals surface area contributed by atoms with E-state index in [0.29, 0.717) is 13.2 Å². The maximum Gasteiger partial charge on any atom is 0.0800 e. The number of hydrogen-bond acceptors (Lipinski definition) is 3. The van der Waals surface area contributed by atoms with Crippen LogP contribution in [0.4, 0.5) is 0 Å². The van der Waals surface area contributed by atoms with Crippen molar-refractivity contribution in [2.24, 2.45) is 5.73 Å². The molecule has 0 aromatic heterocycles. The number of alkyl halides is 1. The highest BCUT2D eigenvalue weighted by Crippen LogP contribution is 1.94. The second-order valence-electron chi connectivity index (χ2n) is 2.29. The molecule has 0 aromatic rings. The van der Waals surface area contributed by atoms with Gasteiger partial charge in [0.15, 0.2) is 0 Å². The summed E-state index contributed by atoms with van der Waals surface area (Å²) in [5, 5.41) is 8.15. The van der Waals surface area contributed by atoms with Crippen molar-refractivity contribution in [1.82, 2.24) is 0 Å². The van der Waals surface area contributed by atoms with Crippen LogP contribution in [0.25, 0.3) is 0 Å². The lowest BCUT2D eigenvalue weighted by molar-refractivity contribution is 0.111. The van der Waals surface area contributed by atoms with Crippen LogP contribution in [0.3, 0.4) is 0 Å². The average Bonchev–Trinajstić information content (AvgIpc) is 1.87. The highest BCUT2D eigenvalue weighted by molar-refractivity contribution is 6.20. The molecule has 0 amide bonds. The van der Waals surface area contributed by atoms with Gasteiger partial charge in [-0.3, -0.25) is 0 Å². The molecule has 5 heteroatoms. The number of ether oxygens (including phenoxy) is 1. The summed E-state index contributed by atoms with van der Waals surface area (Å²) in [6.07, 6.45) is 0. The van der Waals surface area contributed by atoms with Crippen LogP contribution in [-0.2, 0) is 4.74 Å². The standard InChI is InChI=1S/C6H14ClNO2.ClH/c1-5(8)3-10-4-6(7)2-9;/h5-6,9H,2-4,8H2,1H3;1H. The molecule has 0 bridgehead atoms. The molecule has 0 aliphatic heterocycles. The summed E-state index contributed by atoms with van der Waals surface area (Å²) in [6.45, 7) is 2.64. The summed E-state index contributed by atoms with van der Waals surface area (Å²) in [5.41, 5.74) is 5.39. The van der Waals surface area contributed by atoms with Crippen LogP contribution in [0.5, 0.6) is 0 Å². The number of halogens is 2. The normalized spacial score (nSPS) is 15.3. The third kappa shape index (κ3) is 10.5. The molecule has 0 rings (SSSR count). The van der Waals surface area contributed by atoms with Crippen molar-refractivity contribution >= 4 is 24.0 Å². The Kier molecular flexibility index (Phi) is 10.9. The van der Waals surface area contributed by atoms with Crippen LogP contribution in [-0.4, -0.2) is 36.3 Å². The van der Waals surface area contributed by atoms with Gasteiger partial charge < -0.3 is 15.6 Å². The SMILES string of the molecule is CC(N)COCC(Cl)CO.Cl. The molecular formula is C6H15Cl2NO2. The number of aliphatic hydroxyl groups is 1. The predicted octanol–water partition coefficient (Wildman–Crippen LogP) is 0.372. The fourth-order valence-electron chi connectivity index (χ4n) is 0.435. The molecule has 0 saturated carbocycles. The lowest BCUT2D eigenvalue weighted by atomic mass is 10.4. The Labute approximate surface area is 78.3 Å². The maximum atomic E-state index is 8.46. The van der Waals surface area contributed by atoms with Crippen molar-refractivity contribution in [1.29, 1.82) is 0 Å². The van der Waals surface area contributed by atoms with Crippen LogP contribution >= 0.6 is 24.0 Å². The van der Waals surface area contributed by atoms with Gasteiger partial charge in [-0.25, -0.2) is 0 Å². The van der Waals surface area contributed by atoms with Crippen molar-refractivity contribution < 1.29 is 9.84 Å². The third-order valence-corrected chi connectivity index (χ3v) is 1.14. The van der Waals surface area contributed by atoms with E-state index in [9.17, 15) is 0 Å². The van der Waals surface area contributed by atoms with E-state index in [1.54, 1.807) is 0 Å². The van der Waals surface area contributed by atoms with Gasteiger partial charge in [0.2, 0.25) is 0 Å². The number of nitrogens with two attached hydrogens (primary N) is 1. The van der Waals surface area contributed by atoms with Crippen LogP contribution in [0.15, 0.2) is 0 Å². The Bertz CT molecular complexity index is 83.0. The maximum absolute atomic E-state index is 8.46. The lowest BCUT2D eigenvalue weighted by Gasteiger charge is -2.08. The minimum Gasteiger partial charge on any atom is -0.395 e. The van der Waals surface area contributed by atoms with Gasteiger partial charge in [0.25, 0.3) is 0 Å². The lowest BCUT2D eigenvalue weighted by Crippen LogP contribution is -2.24. The Morgan fingerprint density at radius 2 is 2.09 bits per heavy atom. The molecule has 3 nitrogen and oxygen atoms in total. The van der Waals surface area contributed by atoms with E-state index in [1.807, 2.05) is 6.92 Å². The molecule has 0 heterocycles. The Balaban J connectivity index is 0. The quantitative estimate of drug-likeness (QED) is 0.636. The van der Waals surface area contributed by atoms with E-state index >= 15 is 0 Å². The largest absolute Gasteiger partial charge is 0.395 e. The minimum atomic E-state index is -0.307. The first-order chi connectivity index (χ1) is 4.66. The van der Waals surface area contributed by atoms with E-state index < -0.39 is 0 Å². The molecule has 0 aromatic carbocycles. The summed E-state index contributed by atoms with van der Waals surface area (Å²) in [7, 11) is 0. The molecule has 0 radical (unpaired) electrons. The van der Waals surface area contributed by atoms with Crippen LogP contribution in [0, 0.1) is 0 Å². The minimum absolute atomic E-state index is 0. The molecule has 2 atom stereocenters. The third-order valence-electron chi connectivity index (χ3n) is 0.878. The van der Waals surface area contributed by atoms with E-state index in [0.717, 1.165) is 0 Å². The Morgan fingerprint density at radius 1 is 1.55 bits per heavy atom. The zero-order valence-corrected chi connectivity index (χ0v) is 8.07. The first-order valence-electron chi connectivity index (χ1n) is 3.25. The van der Waals surface area contributed by atoms with Gasteiger partial charge in [-0.1, -0.05) is 0 Å². The first kappa shape index (κ1) is 14.0. The Morgan fingerprint density at radius 3 is 2.45 bits per heavy atom. The molecule has 0 aliphatic carbocycles. The van der Waals surface area contributed by atoms with Crippen molar-refractivity contribution in [2.45, 2.75) is 18.3 Å². The zero-order chi connectivity index (χ0) is 7.98. The number of aliphatic hydroxyl groups excluding tert-OH is 1. The number of hydrogen-bond donors (Lipinski definition) is 2. The summed E-state index contributed by atoms with van der Waals surface area (Å²) in [6, 6.07) is 0.0301. The molecule has 0 saturated heterocycles. The fourth-order valence-corrected chi connectivity index (χ4v) is 0.524. The smallest absolute Gasteiger partial charge is 0.0800 e. The van der Waals surface area contributed by atoms with Crippen LogP contribution in [0.1, 0.15) is 6.92 Å². The summed E-state index contributed by atoms with van der Waals surface area (Å²) >= 11 is 5.53. The van der Waals surface area contributed by atoms with E-state index in [-0.39, 0.29) is 30.4 Å². The monoisotopic (exact) mass is 203 g/mol. The van der Waals surface area contributed by atoms with E-state index in [2.05, 4.69) is 0 Å². The fraction of sp³-hybridized carbons (Fsp3) is 1.00. The topological polar surface area (TPSA) is 55.5 Å². The van der Waals surface area contributed by atoms with Crippen molar-refractivity contribution in [3.05, 3.63) is 0 Å². The Hall–Kier alpha value is 0.460. The van der Waals surface area contributed by atoms with Gasteiger partial charge in [-0.15, -0.1) is 24.0 Å². The second-order valence-corrected chi connectivity index (χ2v) is 2.91. The molecule has 3 N–H and O–H groups in total. The molecular weight excluding hydrogens is 189 g/mol. The van der Waals surface area contributed by atoms with Crippen molar-refractivity contribution in [2.75, 3.05) is 19.8 Å². The second kappa shape index (κ2) is 8.56. The van der Waals surface area contributed by atoms with Gasteiger partial charge in [-0.2, -0.15) is 0 Å². The van der Waals surface area contributed by atoms with Gasteiger partial charge in [0.05, 0.1) is 25.2 Å². The van der Waals surface area contributed by atoms with Crippen LogP contribution in [0.2, 0.25) is 0 Å². The van der Waals surface area contributed by atoms with Crippen molar-refractivity contribution in [3.8, 4) is 0 Å². The van der Waals surface area contributed by atoms with Crippen LogP contribution < -0.4 is 5.73 Å². The molecule has 70 valence electrons. The molecule has 0 aliphatic rings. The number of rotatable bonds is 5. The molecule has 2 unspecified atom stereocenters. The average molecular weight is 204 g/mol. The van der Waals surface area contributed by atoms with Gasteiger partial charge >= 0.3 is 0 Å². The van der Waals surface area contributed by atoms with E-state index in [1.165, 1.54) is 0 Å². The predicted molar refractivity (Wildman–Crippen MR) is 48.4 cm³/mol. The molecule has 0 fully saturated rings. The summed E-state index contributed by atoms with van der Waals surface area (Å²) < 4.78 is 5.03. The molecule has 11 heavy (non-hydrogen) atoms. The molecule has 0 spiro atoms. The van der Waals surface area contributed by atoms with Gasteiger partial charge in [-0.05, 0) is 6.92 Å². The van der Waals surface area contributed by atoms with Crippen molar-refractivity contribution in [3.63, 3.8) is 0 Å². The summed E-state index contributed by atoms with van der Waals surface area (Å²) in [4.78, 5) is 0. The van der Waals surface area contributed by atoms with Gasteiger partial charge in [0.1, 0.15) is 0 Å². The summed E-state index contributed by atoms with van der Waals surface area (Å²) in [5.74, 6) is 0. The van der Waals surface area contributed by atoms with E-state index in [4.69, 9.17) is 27.2 Å². The zero-order valence-electron chi connectivity index (χ0n) is 6.50. The first-order valence-corrected chi connectivity index (χ1v) is 3.68. The highest BCUT2D eigenvalue weighted by Gasteiger charge is 2.02. The van der Waals surface area contributed by atoms with Gasteiger partial charge in [0, 0.05) is 6.04 Å².